The second-order valence-corrected chi connectivity index (χ2v) is 4.74. The van der Waals surface area contributed by atoms with Crippen LogP contribution >= 0.6 is 8.60 Å². The van der Waals surface area contributed by atoms with Crippen LogP contribution in [0.5, 0.6) is 0 Å². The SMILES string of the molecule is OC[C@]1(O)OC2(OP3OC2(O)O3)[C@@H](O)[C@@H]1O. The molecular weight excluding hydrogens is 247 g/mol. The Hall–Kier alpha value is 0.0700. The zero-order chi connectivity index (χ0) is 11.8. The molecule has 4 atom stereocenters. The van der Waals surface area contributed by atoms with Gasteiger partial charge < -0.3 is 30.3 Å². The van der Waals surface area contributed by atoms with E-state index in [1.165, 1.54) is 0 Å². The summed E-state index contributed by atoms with van der Waals surface area (Å²) in [5.74, 6) is -7.07. The summed E-state index contributed by atoms with van der Waals surface area (Å²) in [6.45, 7) is -0.996. The molecule has 0 radical (unpaired) electrons. The topological polar surface area (TPSA) is 138 Å². The first kappa shape index (κ1) is 11.2. The molecule has 4 aliphatic heterocycles. The van der Waals surface area contributed by atoms with E-state index in [9.17, 15) is 20.4 Å². The minimum atomic E-state index is -2.45. The second kappa shape index (κ2) is 2.90. The summed E-state index contributed by atoms with van der Waals surface area (Å²) < 4.78 is 19.2. The van der Waals surface area contributed by atoms with Crippen LogP contribution in [0.1, 0.15) is 0 Å². The zero-order valence-corrected chi connectivity index (χ0v) is 8.57. The number of aliphatic hydroxyl groups is 5. The standard InChI is InChI=1S/C6H9O9P/c7-1-4(10)2(8)3(9)5(12-4)6(11)14-16(13-5)15-6/h2-3,7-11H,1H2/t2-,3-,4-,5?,6?,16?/m0/s1. The molecule has 4 rings (SSSR count). The van der Waals surface area contributed by atoms with Gasteiger partial charge in [-0.25, -0.2) is 9.05 Å². The molecule has 4 heterocycles. The third-order valence-electron chi connectivity index (χ3n) is 2.75. The van der Waals surface area contributed by atoms with Crippen molar-refractivity contribution in [3.05, 3.63) is 0 Å². The number of ether oxygens (including phenoxy) is 1. The van der Waals surface area contributed by atoms with Crippen molar-refractivity contribution in [2.24, 2.45) is 0 Å². The average Bonchev–Trinajstić information content (AvgIpc) is 2.69. The number of hydrogen-bond acceptors (Lipinski definition) is 9. The predicted octanol–water partition coefficient (Wildman–Crippen LogP) is -2.93. The van der Waals surface area contributed by atoms with Crippen LogP contribution in [0.25, 0.3) is 0 Å². The summed E-state index contributed by atoms with van der Waals surface area (Å²) in [5, 5.41) is 47.4. The van der Waals surface area contributed by atoms with E-state index in [0.717, 1.165) is 0 Å². The number of aliphatic hydroxyl groups excluding tert-OH is 3. The maximum atomic E-state index is 9.70. The van der Waals surface area contributed by atoms with E-state index < -0.39 is 45.0 Å². The highest BCUT2D eigenvalue weighted by atomic mass is 31.2. The molecule has 0 saturated carbocycles. The van der Waals surface area contributed by atoms with Crippen LogP contribution in [0.4, 0.5) is 0 Å². The fraction of sp³-hybridized carbons (Fsp3) is 1.00. The Labute approximate surface area is 89.7 Å². The van der Waals surface area contributed by atoms with Crippen molar-refractivity contribution >= 4 is 8.60 Å². The number of hydrogen-bond donors (Lipinski definition) is 5. The Kier molecular flexibility index (Phi) is 2.03. The van der Waals surface area contributed by atoms with Gasteiger partial charge in [0.05, 0.1) is 6.61 Å². The first-order valence-corrected chi connectivity index (χ1v) is 5.46. The molecule has 0 aliphatic carbocycles. The minimum Gasteiger partial charge on any atom is -0.391 e. The van der Waals surface area contributed by atoms with Crippen LogP contribution in [0.15, 0.2) is 0 Å². The van der Waals surface area contributed by atoms with E-state index in [1.807, 2.05) is 0 Å². The second-order valence-electron chi connectivity index (χ2n) is 3.74. The van der Waals surface area contributed by atoms with Crippen molar-refractivity contribution in [1.82, 2.24) is 0 Å². The lowest BCUT2D eigenvalue weighted by Gasteiger charge is -2.35. The summed E-state index contributed by atoms with van der Waals surface area (Å²) in [6, 6.07) is 0. The van der Waals surface area contributed by atoms with Gasteiger partial charge in [0, 0.05) is 0 Å². The van der Waals surface area contributed by atoms with Gasteiger partial charge in [-0.3, -0.25) is 4.52 Å². The van der Waals surface area contributed by atoms with Gasteiger partial charge in [-0.1, -0.05) is 0 Å². The quantitative estimate of drug-likeness (QED) is 0.312. The molecule has 0 aromatic rings. The van der Waals surface area contributed by atoms with E-state index in [-0.39, 0.29) is 0 Å². The highest BCUT2D eigenvalue weighted by Crippen LogP contribution is 2.74. The molecule has 10 heteroatoms. The monoisotopic (exact) mass is 256 g/mol. The Morgan fingerprint density at radius 2 is 1.69 bits per heavy atom. The van der Waals surface area contributed by atoms with Crippen LogP contribution in [0.3, 0.4) is 0 Å². The molecule has 9 nitrogen and oxygen atoms in total. The molecule has 0 aromatic heterocycles. The third kappa shape index (κ3) is 0.998. The van der Waals surface area contributed by atoms with Crippen molar-refractivity contribution < 1.29 is 43.8 Å². The Morgan fingerprint density at radius 1 is 1.06 bits per heavy atom. The Bertz CT molecular complexity index is 332. The van der Waals surface area contributed by atoms with E-state index in [4.69, 9.17) is 23.4 Å². The first-order valence-electron chi connectivity index (χ1n) is 4.36. The molecule has 5 N–H and O–H groups in total. The molecule has 92 valence electrons. The van der Waals surface area contributed by atoms with Gasteiger partial charge in [-0.2, -0.15) is 0 Å². The van der Waals surface area contributed by atoms with E-state index >= 15 is 0 Å². The molecule has 4 aliphatic rings. The zero-order valence-electron chi connectivity index (χ0n) is 7.68. The van der Waals surface area contributed by atoms with Gasteiger partial charge in [0.2, 0.25) is 5.79 Å². The van der Waals surface area contributed by atoms with Gasteiger partial charge in [-0.05, 0) is 0 Å². The molecule has 0 amide bonds. The van der Waals surface area contributed by atoms with E-state index in [0.29, 0.717) is 0 Å². The largest absolute Gasteiger partial charge is 0.391 e. The lowest BCUT2D eigenvalue weighted by atomic mass is 10.0. The summed E-state index contributed by atoms with van der Waals surface area (Å²) in [6.07, 6.45) is -3.70. The molecule has 0 aromatic carbocycles. The van der Waals surface area contributed by atoms with Gasteiger partial charge in [-0.15, -0.1) is 0 Å². The van der Waals surface area contributed by atoms with Crippen LogP contribution in [-0.4, -0.2) is 61.9 Å². The van der Waals surface area contributed by atoms with Gasteiger partial charge in [0.25, 0.3) is 5.79 Å². The fourth-order valence-corrected chi connectivity index (χ4v) is 3.06. The average molecular weight is 256 g/mol. The van der Waals surface area contributed by atoms with Crippen LogP contribution in [0, 0.1) is 0 Å². The highest BCUT2D eigenvalue weighted by Gasteiger charge is 2.84. The molecular formula is C6H9O9P. The van der Waals surface area contributed by atoms with Crippen molar-refractivity contribution in [3.63, 3.8) is 0 Å². The molecule has 1 spiro atoms. The third-order valence-corrected chi connectivity index (χ3v) is 3.97. The molecule has 2 bridgehead atoms. The maximum absolute atomic E-state index is 9.70. The Morgan fingerprint density at radius 3 is 2.06 bits per heavy atom. The minimum absolute atomic E-state index is 0.996. The van der Waals surface area contributed by atoms with Gasteiger partial charge in [0.1, 0.15) is 12.2 Å². The van der Waals surface area contributed by atoms with Crippen molar-refractivity contribution in [2.45, 2.75) is 29.8 Å². The Balaban J connectivity index is 1.99. The lowest BCUT2D eigenvalue weighted by Crippen LogP contribution is -2.59. The van der Waals surface area contributed by atoms with E-state index in [1.54, 1.807) is 0 Å². The molecule has 4 fully saturated rings. The lowest BCUT2D eigenvalue weighted by molar-refractivity contribution is -0.427. The highest BCUT2D eigenvalue weighted by molar-refractivity contribution is 7.43. The normalized spacial score (nSPS) is 63.9. The summed E-state index contributed by atoms with van der Waals surface area (Å²) in [4.78, 5) is 0. The first-order chi connectivity index (χ1) is 7.37. The summed E-state index contributed by atoms with van der Waals surface area (Å²) >= 11 is 0. The molecule has 4 saturated heterocycles. The smallest absolute Gasteiger partial charge is 0.354 e. The molecule has 1 unspecified atom stereocenters. The predicted molar refractivity (Wildman–Crippen MR) is 43.0 cm³/mol. The number of rotatable bonds is 1. The van der Waals surface area contributed by atoms with Gasteiger partial charge in [0.15, 0.2) is 0 Å². The van der Waals surface area contributed by atoms with Crippen LogP contribution < -0.4 is 0 Å². The maximum Gasteiger partial charge on any atom is 0.354 e. The molecule has 16 heavy (non-hydrogen) atoms. The van der Waals surface area contributed by atoms with Crippen molar-refractivity contribution in [3.8, 4) is 0 Å². The van der Waals surface area contributed by atoms with E-state index in [2.05, 4.69) is 0 Å². The van der Waals surface area contributed by atoms with Crippen LogP contribution in [-0.2, 0) is 18.3 Å². The summed E-state index contributed by atoms with van der Waals surface area (Å²) in [5.41, 5.74) is 0. The summed E-state index contributed by atoms with van der Waals surface area (Å²) in [7, 11) is -1.86. The van der Waals surface area contributed by atoms with Crippen molar-refractivity contribution in [2.75, 3.05) is 6.61 Å². The van der Waals surface area contributed by atoms with Gasteiger partial charge >= 0.3 is 14.6 Å². The van der Waals surface area contributed by atoms with Crippen LogP contribution in [0.2, 0.25) is 0 Å². The fourth-order valence-electron chi connectivity index (χ4n) is 1.83. The van der Waals surface area contributed by atoms with Crippen molar-refractivity contribution in [1.29, 1.82) is 0 Å².